The lowest BCUT2D eigenvalue weighted by molar-refractivity contribution is 0.101. The second-order valence-electron chi connectivity index (χ2n) is 5.59. The van der Waals surface area contributed by atoms with Crippen LogP contribution in [0.2, 0.25) is 0 Å². The van der Waals surface area contributed by atoms with Crippen molar-refractivity contribution < 1.29 is 4.74 Å². The van der Waals surface area contributed by atoms with Crippen molar-refractivity contribution in [2.45, 2.75) is 58.1 Å². The summed E-state index contributed by atoms with van der Waals surface area (Å²) in [4.78, 5) is 0. The minimum Gasteiger partial charge on any atom is -0.378 e. The van der Waals surface area contributed by atoms with E-state index < -0.39 is 0 Å². The molecule has 1 aliphatic heterocycles. The summed E-state index contributed by atoms with van der Waals surface area (Å²) < 4.78 is 5.70. The van der Waals surface area contributed by atoms with Crippen LogP contribution in [0.15, 0.2) is 24.3 Å². The van der Waals surface area contributed by atoms with Gasteiger partial charge in [-0.1, -0.05) is 36.8 Å². The Bertz CT molecular complexity index is 354. The number of benzene rings is 1. The van der Waals surface area contributed by atoms with E-state index in [1.807, 2.05) is 0 Å². The summed E-state index contributed by atoms with van der Waals surface area (Å²) in [5, 5.41) is 3.60. The molecule has 1 N–H and O–H groups in total. The Hall–Kier alpha value is -0.860. The van der Waals surface area contributed by atoms with E-state index in [4.69, 9.17) is 4.74 Å². The third-order valence-corrected chi connectivity index (χ3v) is 3.97. The molecule has 1 aromatic carbocycles. The van der Waals surface area contributed by atoms with Gasteiger partial charge in [-0.2, -0.15) is 0 Å². The highest BCUT2D eigenvalue weighted by molar-refractivity contribution is 5.24. The summed E-state index contributed by atoms with van der Waals surface area (Å²) in [6.07, 6.45) is 6.71. The second-order valence-corrected chi connectivity index (χ2v) is 5.59. The van der Waals surface area contributed by atoms with Crippen molar-refractivity contribution in [1.82, 2.24) is 5.32 Å². The van der Waals surface area contributed by atoms with Crippen LogP contribution in [0.25, 0.3) is 0 Å². The van der Waals surface area contributed by atoms with Gasteiger partial charge >= 0.3 is 0 Å². The van der Waals surface area contributed by atoms with Gasteiger partial charge in [-0.25, -0.2) is 0 Å². The molecule has 19 heavy (non-hydrogen) atoms. The molecule has 0 amide bonds. The number of aryl methyl sites for hydroxylation is 1. The van der Waals surface area contributed by atoms with Crippen molar-refractivity contribution in [1.29, 1.82) is 0 Å². The van der Waals surface area contributed by atoms with Crippen molar-refractivity contribution in [3.63, 3.8) is 0 Å². The summed E-state index contributed by atoms with van der Waals surface area (Å²) >= 11 is 0. The molecule has 2 nitrogen and oxygen atoms in total. The average molecular weight is 261 g/mol. The van der Waals surface area contributed by atoms with E-state index in [0.29, 0.717) is 12.1 Å². The summed E-state index contributed by atoms with van der Waals surface area (Å²) in [6, 6.07) is 9.43. The fourth-order valence-electron chi connectivity index (χ4n) is 2.85. The van der Waals surface area contributed by atoms with Crippen LogP contribution in [-0.4, -0.2) is 19.3 Å². The van der Waals surface area contributed by atoms with Crippen molar-refractivity contribution in [3.8, 4) is 0 Å². The minimum atomic E-state index is 0.493. The topological polar surface area (TPSA) is 21.3 Å². The zero-order chi connectivity index (χ0) is 13.5. The highest BCUT2D eigenvalue weighted by Gasteiger charge is 2.16. The van der Waals surface area contributed by atoms with Gasteiger partial charge < -0.3 is 10.1 Å². The Kier molecular flexibility index (Phi) is 5.87. The number of ether oxygens (including phenoxy) is 1. The maximum absolute atomic E-state index is 5.70. The molecular formula is C17H27NO. The molecule has 0 aliphatic carbocycles. The summed E-state index contributed by atoms with van der Waals surface area (Å²) in [6.45, 7) is 6.32. The zero-order valence-electron chi connectivity index (χ0n) is 12.3. The van der Waals surface area contributed by atoms with E-state index in [-0.39, 0.29) is 0 Å². The third kappa shape index (κ3) is 4.63. The van der Waals surface area contributed by atoms with Gasteiger partial charge in [-0.05, 0) is 51.1 Å². The van der Waals surface area contributed by atoms with Gasteiger partial charge in [0.05, 0.1) is 6.10 Å². The summed E-state index contributed by atoms with van der Waals surface area (Å²) in [7, 11) is 0. The first-order valence-corrected chi connectivity index (χ1v) is 7.71. The molecule has 1 aliphatic rings. The monoisotopic (exact) mass is 261 g/mol. The molecule has 0 aromatic heterocycles. The standard InChI is InChI=1S/C17H27NO/c1-3-18-17(15-11-9-14(2)10-12-15)8-4-6-16-7-5-13-19-16/h9-12,16-18H,3-8,13H2,1-2H3. The average Bonchev–Trinajstić information content (AvgIpc) is 2.92. The Morgan fingerprint density at radius 2 is 2.11 bits per heavy atom. The quantitative estimate of drug-likeness (QED) is 0.801. The lowest BCUT2D eigenvalue weighted by Crippen LogP contribution is -2.21. The third-order valence-electron chi connectivity index (χ3n) is 3.97. The Morgan fingerprint density at radius 3 is 2.74 bits per heavy atom. The molecule has 2 heteroatoms. The van der Waals surface area contributed by atoms with Crippen LogP contribution in [0, 0.1) is 6.92 Å². The largest absolute Gasteiger partial charge is 0.378 e. The fraction of sp³-hybridized carbons (Fsp3) is 0.647. The maximum atomic E-state index is 5.70. The Labute approximate surface area is 117 Å². The fourth-order valence-corrected chi connectivity index (χ4v) is 2.85. The molecular weight excluding hydrogens is 234 g/mol. The van der Waals surface area contributed by atoms with Crippen LogP contribution >= 0.6 is 0 Å². The van der Waals surface area contributed by atoms with Gasteiger partial charge in [-0.15, -0.1) is 0 Å². The molecule has 1 fully saturated rings. The Morgan fingerprint density at radius 1 is 1.32 bits per heavy atom. The van der Waals surface area contributed by atoms with Crippen LogP contribution in [0.1, 0.15) is 56.2 Å². The van der Waals surface area contributed by atoms with Crippen LogP contribution in [-0.2, 0) is 4.74 Å². The summed E-state index contributed by atoms with van der Waals surface area (Å²) in [5.41, 5.74) is 2.75. The molecule has 0 saturated carbocycles. The van der Waals surface area contributed by atoms with Gasteiger partial charge in [-0.3, -0.25) is 0 Å². The van der Waals surface area contributed by atoms with Crippen molar-refractivity contribution >= 4 is 0 Å². The summed E-state index contributed by atoms with van der Waals surface area (Å²) in [5.74, 6) is 0. The van der Waals surface area contributed by atoms with E-state index in [0.717, 1.165) is 13.2 Å². The maximum Gasteiger partial charge on any atom is 0.0576 e. The van der Waals surface area contributed by atoms with Gasteiger partial charge in [0.25, 0.3) is 0 Å². The van der Waals surface area contributed by atoms with E-state index >= 15 is 0 Å². The van der Waals surface area contributed by atoms with Crippen LogP contribution in [0.5, 0.6) is 0 Å². The SMILES string of the molecule is CCNC(CCCC1CCCO1)c1ccc(C)cc1. The molecule has 2 unspecified atom stereocenters. The lowest BCUT2D eigenvalue weighted by Gasteiger charge is -2.19. The molecule has 1 saturated heterocycles. The van der Waals surface area contributed by atoms with Gasteiger partial charge in [0, 0.05) is 12.6 Å². The molecule has 0 bridgehead atoms. The molecule has 2 rings (SSSR count). The highest BCUT2D eigenvalue weighted by atomic mass is 16.5. The number of nitrogens with one attached hydrogen (secondary N) is 1. The first-order valence-electron chi connectivity index (χ1n) is 7.71. The van der Waals surface area contributed by atoms with Gasteiger partial charge in [0.2, 0.25) is 0 Å². The molecule has 1 aromatic rings. The van der Waals surface area contributed by atoms with Crippen molar-refractivity contribution in [2.75, 3.05) is 13.2 Å². The molecule has 106 valence electrons. The smallest absolute Gasteiger partial charge is 0.0576 e. The van der Waals surface area contributed by atoms with Gasteiger partial charge in [0.1, 0.15) is 0 Å². The van der Waals surface area contributed by atoms with E-state index in [2.05, 4.69) is 43.4 Å². The highest BCUT2D eigenvalue weighted by Crippen LogP contribution is 2.23. The predicted molar refractivity (Wildman–Crippen MR) is 80.4 cm³/mol. The number of rotatable bonds is 7. The first-order chi connectivity index (χ1) is 9.29. The predicted octanol–water partition coefficient (Wildman–Crippen LogP) is 3.99. The first kappa shape index (κ1) is 14.5. The van der Waals surface area contributed by atoms with Crippen molar-refractivity contribution in [2.24, 2.45) is 0 Å². The van der Waals surface area contributed by atoms with E-state index in [1.54, 1.807) is 0 Å². The minimum absolute atomic E-state index is 0.493. The Balaban J connectivity index is 1.82. The second kappa shape index (κ2) is 7.66. The van der Waals surface area contributed by atoms with Crippen molar-refractivity contribution in [3.05, 3.63) is 35.4 Å². The molecule has 2 atom stereocenters. The van der Waals surface area contributed by atoms with Gasteiger partial charge in [0.15, 0.2) is 0 Å². The van der Waals surface area contributed by atoms with E-state index in [1.165, 1.54) is 43.2 Å². The molecule has 0 spiro atoms. The molecule has 1 heterocycles. The number of hydrogen-bond acceptors (Lipinski definition) is 2. The van der Waals surface area contributed by atoms with E-state index in [9.17, 15) is 0 Å². The lowest BCUT2D eigenvalue weighted by atomic mass is 9.98. The van der Waals surface area contributed by atoms with Crippen LogP contribution in [0.3, 0.4) is 0 Å². The normalized spacial score (nSPS) is 20.6. The molecule has 0 radical (unpaired) electrons. The van der Waals surface area contributed by atoms with Crippen LogP contribution in [0.4, 0.5) is 0 Å². The van der Waals surface area contributed by atoms with Crippen LogP contribution < -0.4 is 5.32 Å². The zero-order valence-corrected chi connectivity index (χ0v) is 12.3. The number of hydrogen-bond donors (Lipinski definition) is 1.